The molecule has 0 N–H and O–H groups in total. The maximum Gasteiger partial charge on any atom is 0.119 e. The van der Waals surface area contributed by atoms with Crippen LogP contribution in [-0.2, 0) is 0 Å². The maximum absolute atomic E-state index is 9.53. The third-order valence-electron chi connectivity index (χ3n) is 4.44. The fourth-order valence-corrected chi connectivity index (χ4v) is 2.78. The molecule has 0 amide bonds. The third kappa shape index (κ3) is 4.92. The van der Waals surface area contributed by atoms with Crippen molar-refractivity contribution in [3.63, 3.8) is 0 Å². The Morgan fingerprint density at radius 3 is 2.14 bits per heavy atom. The van der Waals surface area contributed by atoms with Crippen LogP contribution in [0.3, 0.4) is 0 Å². The molecule has 0 aromatic heterocycles. The number of hydrogen-bond acceptors (Lipinski definition) is 3. The highest BCUT2D eigenvalue weighted by Crippen LogP contribution is 2.19. The summed E-state index contributed by atoms with van der Waals surface area (Å²) in [5.41, 5.74) is 5.73. The molecule has 0 bridgehead atoms. The summed E-state index contributed by atoms with van der Waals surface area (Å²) in [6.45, 7) is 2.00. The molecule has 0 aliphatic heterocycles. The number of aryl methyl sites for hydroxylation is 1. The minimum absolute atomic E-state index is 0.556. The predicted octanol–water partition coefficient (Wildman–Crippen LogP) is 5.34. The van der Waals surface area contributed by atoms with Crippen molar-refractivity contribution in [3.05, 3.63) is 100 Å². The van der Waals surface area contributed by atoms with Crippen LogP contribution in [0.5, 0.6) is 5.75 Å². The summed E-state index contributed by atoms with van der Waals surface area (Å²) in [7, 11) is 1.65. The molecule has 29 heavy (non-hydrogen) atoms. The van der Waals surface area contributed by atoms with Crippen LogP contribution in [0.4, 0.5) is 0 Å². The molecule has 3 nitrogen and oxygen atoms in total. The van der Waals surface area contributed by atoms with E-state index in [1.165, 1.54) is 0 Å². The van der Waals surface area contributed by atoms with Gasteiger partial charge in [-0.25, -0.2) is 0 Å². The monoisotopic (exact) mass is 374 g/mol. The zero-order valence-corrected chi connectivity index (χ0v) is 16.2. The fraction of sp³-hybridized carbons (Fsp3) is 0.0769. The highest BCUT2D eigenvalue weighted by atomic mass is 16.5. The number of ether oxygens (including phenoxy) is 1. The van der Waals surface area contributed by atoms with Crippen LogP contribution in [0.15, 0.2) is 66.7 Å². The highest BCUT2D eigenvalue weighted by molar-refractivity contribution is 5.89. The van der Waals surface area contributed by atoms with E-state index < -0.39 is 0 Å². The van der Waals surface area contributed by atoms with Gasteiger partial charge in [0.2, 0.25) is 0 Å². The van der Waals surface area contributed by atoms with Gasteiger partial charge in [0.1, 0.15) is 5.75 Å². The van der Waals surface area contributed by atoms with Crippen LogP contribution in [0, 0.1) is 41.4 Å². The van der Waals surface area contributed by atoms with E-state index in [1.807, 2.05) is 67.6 Å². The normalized spacial score (nSPS) is 10.3. The Balaban J connectivity index is 1.81. The van der Waals surface area contributed by atoms with Gasteiger partial charge in [0.25, 0.3) is 0 Å². The van der Waals surface area contributed by atoms with Crippen molar-refractivity contribution in [2.45, 2.75) is 6.92 Å². The summed E-state index contributed by atoms with van der Waals surface area (Å²) in [4.78, 5) is 0. The van der Waals surface area contributed by atoms with Crippen LogP contribution in [0.2, 0.25) is 0 Å². The molecular weight excluding hydrogens is 356 g/mol. The number of nitriles is 2. The number of nitrogens with zero attached hydrogens (tertiary/aromatic N) is 2. The summed E-state index contributed by atoms with van der Waals surface area (Å²) in [5.74, 6) is 7.16. The zero-order valence-electron chi connectivity index (χ0n) is 16.2. The minimum Gasteiger partial charge on any atom is -0.497 e. The Bertz CT molecular complexity index is 1190. The summed E-state index contributed by atoms with van der Waals surface area (Å²) >= 11 is 0. The van der Waals surface area contributed by atoms with Gasteiger partial charge in [-0.05, 0) is 72.2 Å². The maximum atomic E-state index is 9.53. The van der Waals surface area contributed by atoms with Crippen molar-refractivity contribution < 1.29 is 4.74 Å². The van der Waals surface area contributed by atoms with Crippen LogP contribution in [0.25, 0.3) is 11.6 Å². The molecule has 3 aromatic rings. The Morgan fingerprint density at radius 2 is 1.55 bits per heavy atom. The zero-order chi connectivity index (χ0) is 20.6. The molecule has 0 unspecified atom stereocenters. The third-order valence-corrected chi connectivity index (χ3v) is 4.44. The van der Waals surface area contributed by atoms with E-state index >= 15 is 0 Å². The van der Waals surface area contributed by atoms with Crippen LogP contribution >= 0.6 is 0 Å². The number of methoxy groups -OCH3 is 1. The number of hydrogen-bond donors (Lipinski definition) is 0. The second-order valence-electron chi connectivity index (χ2n) is 6.41. The quantitative estimate of drug-likeness (QED) is 0.353. The van der Waals surface area contributed by atoms with E-state index in [1.54, 1.807) is 19.2 Å². The number of allylic oxidation sites excluding steroid dienone is 1. The van der Waals surface area contributed by atoms with E-state index in [0.717, 1.165) is 33.6 Å². The average Bonchev–Trinajstić information content (AvgIpc) is 2.77. The van der Waals surface area contributed by atoms with Crippen LogP contribution in [-0.4, -0.2) is 7.11 Å². The smallest absolute Gasteiger partial charge is 0.119 e. The minimum atomic E-state index is 0.556. The van der Waals surface area contributed by atoms with Gasteiger partial charge in [-0.15, -0.1) is 0 Å². The Labute approximate surface area is 171 Å². The Morgan fingerprint density at radius 1 is 0.862 bits per heavy atom. The molecule has 0 fully saturated rings. The van der Waals surface area contributed by atoms with Crippen molar-refractivity contribution in [1.82, 2.24) is 0 Å². The van der Waals surface area contributed by atoms with Crippen molar-refractivity contribution in [1.29, 1.82) is 10.5 Å². The molecule has 138 valence electrons. The van der Waals surface area contributed by atoms with Gasteiger partial charge in [0.15, 0.2) is 0 Å². The van der Waals surface area contributed by atoms with Crippen LogP contribution < -0.4 is 4.74 Å². The number of rotatable bonds is 3. The topological polar surface area (TPSA) is 56.8 Å². The summed E-state index contributed by atoms with van der Waals surface area (Å²) < 4.78 is 5.22. The molecule has 0 saturated heterocycles. The second-order valence-corrected chi connectivity index (χ2v) is 6.41. The summed E-state index contributed by atoms with van der Waals surface area (Å²) in [6, 6.07) is 24.9. The van der Waals surface area contributed by atoms with Crippen molar-refractivity contribution in [3.8, 4) is 29.7 Å². The lowest BCUT2D eigenvalue weighted by atomic mass is 10.0. The van der Waals surface area contributed by atoms with E-state index in [2.05, 4.69) is 24.0 Å². The summed E-state index contributed by atoms with van der Waals surface area (Å²) in [5, 5.41) is 18.4. The van der Waals surface area contributed by atoms with E-state index in [9.17, 15) is 5.26 Å². The van der Waals surface area contributed by atoms with Gasteiger partial charge in [-0.3, -0.25) is 0 Å². The second kappa shape index (κ2) is 9.09. The molecule has 0 heterocycles. The molecule has 3 aromatic carbocycles. The molecule has 3 rings (SSSR count). The molecule has 0 aliphatic rings. The summed E-state index contributed by atoms with van der Waals surface area (Å²) in [6.07, 6.45) is 1.81. The molecule has 3 heteroatoms. The first-order chi connectivity index (χ1) is 14.1. The van der Waals surface area contributed by atoms with Gasteiger partial charge in [0, 0.05) is 11.1 Å². The Hall–Kier alpha value is -4.26. The largest absolute Gasteiger partial charge is 0.497 e. The lowest BCUT2D eigenvalue weighted by Gasteiger charge is -2.03. The molecule has 0 radical (unpaired) electrons. The Kier molecular flexibility index (Phi) is 6.12. The molecule has 0 spiro atoms. The van der Waals surface area contributed by atoms with Gasteiger partial charge in [-0.1, -0.05) is 36.1 Å². The van der Waals surface area contributed by atoms with E-state index in [0.29, 0.717) is 11.1 Å². The van der Waals surface area contributed by atoms with Gasteiger partial charge in [-0.2, -0.15) is 10.5 Å². The van der Waals surface area contributed by atoms with Crippen molar-refractivity contribution in [2.24, 2.45) is 0 Å². The molecule has 0 aliphatic carbocycles. The van der Waals surface area contributed by atoms with Crippen molar-refractivity contribution in [2.75, 3.05) is 7.11 Å². The average molecular weight is 374 g/mol. The fourth-order valence-electron chi connectivity index (χ4n) is 2.78. The van der Waals surface area contributed by atoms with Crippen molar-refractivity contribution >= 4 is 11.6 Å². The molecule has 0 atom stereocenters. The lowest BCUT2D eigenvalue weighted by Crippen LogP contribution is -1.87. The first kappa shape index (κ1) is 19.5. The SMILES string of the molecule is COc1ccc(C#Cc2ccc(/C(C#N)=C\c3ccc(C#N)cc3)cc2)c(C)c1. The van der Waals surface area contributed by atoms with E-state index in [-0.39, 0.29) is 0 Å². The number of benzene rings is 3. The molecule has 0 saturated carbocycles. The first-order valence-corrected chi connectivity index (χ1v) is 9.02. The first-order valence-electron chi connectivity index (χ1n) is 9.02. The van der Waals surface area contributed by atoms with Gasteiger partial charge in [0.05, 0.1) is 30.4 Å². The predicted molar refractivity (Wildman–Crippen MR) is 115 cm³/mol. The lowest BCUT2D eigenvalue weighted by molar-refractivity contribution is 0.414. The van der Waals surface area contributed by atoms with E-state index in [4.69, 9.17) is 10.00 Å². The van der Waals surface area contributed by atoms with Gasteiger partial charge >= 0.3 is 0 Å². The van der Waals surface area contributed by atoms with Gasteiger partial charge < -0.3 is 4.74 Å². The molecular formula is C26H18N2O. The standard InChI is InChI=1S/C26H18N2O/c1-19-15-26(29-2)14-13-23(19)10-7-20-8-11-24(12-9-20)25(18-28)16-21-3-5-22(17-27)6-4-21/h3-6,8-9,11-16H,1-2H3/b25-16-. The highest BCUT2D eigenvalue weighted by Gasteiger charge is 2.02. The van der Waals surface area contributed by atoms with Crippen LogP contribution in [0.1, 0.15) is 33.4 Å².